The Morgan fingerprint density at radius 1 is 1.16 bits per heavy atom. The van der Waals surface area contributed by atoms with Crippen molar-refractivity contribution in [2.45, 2.75) is 13.8 Å². The van der Waals surface area contributed by atoms with Gasteiger partial charge in [0.2, 0.25) is 5.91 Å². The maximum atomic E-state index is 12.0. The third-order valence-corrected chi connectivity index (χ3v) is 2.80. The highest BCUT2D eigenvalue weighted by molar-refractivity contribution is 6.05. The third kappa shape index (κ3) is 2.62. The van der Waals surface area contributed by atoms with Crippen molar-refractivity contribution in [1.29, 1.82) is 0 Å². The van der Waals surface area contributed by atoms with Crippen LogP contribution in [0.1, 0.15) is 32.1 Å². The zero-order chi connectivity index (χ0) is 14.0. The molecule has 0 saturated heterocycles. The number of nitrogens with zero attached hydrogens (tertiary/aromatic N) is 1. The van der Waals surface area contributed by atoms with E-state index in [1.807, 2.05) is 6.92 Å². The molecule has 1 aromatic carbocycles. The van der Waals surface area contributed by atoms with Gasteiger partial charge < -0.3 is 11.1 Å². The topological polar surface area (TPSA) is 101 Å². The molecule has 0 unspecified atom stereocenters. The molecular weight excluding hydrogens is 244 g/mol. The van der Waals surface area contributed by atoms with Crippen LogP contribution < -0.4 is 11.1 Å². The van der Waals surface area contributed by atoms with Crippen LogP contribution in [0.2, 0.25) is 0 Å². The van der Waals surface area contributed by atoms with Crippen molar-refractivity contribution in [3.8, 4) is 0 Å². The molecule has 98 valence electrons. The number of aryl methyl sites for hydroxylation is 2. The van der Waals surface area contributed by atoms with E-state index < -0.39 is 5.91 Å². The maximum absolute atomic E-state index is 12.0. The number of primary amides is 1. The Bertz CT molecular complexity index is 609. The Labute approximate surface area is 110 Å². The fourth-order valence-electron chi connectivity index (χ4n) is 1.71. The maximum Gasteiger partial charge on any atom is 0.255 e. The summed E-state index contributed by atoms with van der Waals surface area (Å²) in [6.45, 7) is 3.63. The van der Waals surface area contributed by atoms with Crippen LogP contribution >= 0.6 is 0 Å². The fraction of sp³-hybridized carbons (Fsp3) is 0.154. The number of amides is 2. The van der Waals surface area contributed by atoms with Crippen LogP contribution in [0.5, 0.6) is 0 Å². The third-order valence-electron chi connectivity index (χ3n) is 2.80. The number of nitrogens with one attached hydrogen (secondary N) is 2. The second-order valence-corrected chi connectivity index (χ2v) is 4.20. The van der Waals surface area contributed by atoms with Crippen molar-refractivity contribution in [2.24, 2.45) is 5.73 Å². The summed E-state index contributed by atoms with van der Waals surface area (Å²) >= 11 is 0. The number of carbonyl (C=O) groups is 2. The predicted octanol–water partition coefficient (Wildman–Crippen LogP) is 1.38. The van der Waals surface area contributed by atoms with E-state index in [9.17, 15) is 9.59 Å². The molecule has 19 heavy (non-hydrogen) atoms. The second-order valence-electron chi connectivity index (χ2n) is 4.20. The molecule has 0 bridgehead atoms. The largest absolute Gasteiger partial charge is 0.366 e. The Balaban J connectivity index is 2.18. The Morgan fingerprint density at radius 2 is 1.74 bits per heavy atom. The summed E-state index contributed by atoms with van der Waals surface area (Å²) in [5.41, 5.74) is 8.14. The summed E-state index contributed by atoms with van der Waals surface area (Å²) in [5, 5.41) is 9.57. The zero-order valence-corrected chi connectivity index (χ0v) is 10.7. The molecule has 0 radical (unpaired) electrons. The monoisotopic (exact) mass is 258 g/mol. The standard InChI is InChI=1S/C13H14N4O2/c1-7-11(8(2)17-16-7)15-13(19)10-5-3-9(4-6-10)12(14)18/h3-6H,1-2H3,(H2,14,18)(H,15,19)(H,16,17). The number of anilines is 1. The number of aromatic amines is 1. The lowest BCUT2D eigenvalue weighted by Crippen LogP contribution is -2.14. The van der Waals surface area contributed by atoms with Gasteiger partial charge in [-0.05, 0) is 38.1 Å². The highest BCUT2D eigenvalue weighted by Crippen LogP contribution is 2.17. The van der Waals surface area contributed by atoms with Gasteiger partial charge in [-0.1, -0.05) is 0 Å². The summed E-state index contributed by atoms with van der Waals surface area (Å²) in [5.74, 6) is -0.780. The molecule has 4 N–H and O–H groups in total. The molecule has 0 fully saturated rings. The molecule has 6 nitrogen and oxygen atoms in total. The van der Waals surface area contributed by atoms with Crippen LogP contribution in [0.25, 0.3) is 0 Å². The van der Waals surface area contributed by atoms with Crippen LogP contribution in [-0.2, 0) is 0 Å². The highest BCUT2D eigenvalue weighted by atomic mass is 16.2. The van der Waals surface area contributed by atoms with Crippen molar-refractivity contribution in [3.05, 3.63) is 46.8 Å². The number of benzene rings is 1. The van der Waals surface area contributed by atoms with Crippen LogP contribution in [0, 0.1) is 13.8 Å². The quantitative estimate of drug-likeness (QED) is 0.775. The Morgan fingerprint density at radius 3 is 2.21 bits per heavy atom. The lowest BCUT2D eigenvalue weighted by atomic mass is 10.1. The Hall–Kier alpha value is -2.63. The second kappa shape index (κ2) is 4.93. The van der Waals surface area contributed by atoms with Gasteiger partial charge in [-0.15, -0.1) is 0 Å². The molecule has 0 spiro atoms. The normalized spacial score (nSPS) is 10.2. The van der Waals surface area contributed by atoms with Gasteiger partial charge in [0.1, 0.15) is 0 Å². The predicted molar refractivity (Wildman–Crippen MR) is 71.0 cm³/mol. The van der Waals surface area contributed by atoms with Gasteiger partial charge in [0.25, 0.3) is 5.91 Å². The van der Waals surface area contributed by atoms with Gasteiger partial charge in [0.05, 0.1) is 17.1 Å². The summed E-state index contributed by atoms with van der Waals surface area (Å²) in [6.07, 6.45) is 0. The van der Waals surface area contributed by atoms with Crippen molar-refractivity contribution in [1.82, 2.24) is 10.2 Å². The molecule has 2 rings (SSSR count). The van der Waals surface area contributed by atoms with E-state index in [0.717, 1.165) is 11.4 Å². The number of H-pyrrole nitrogens is 1. The van der Waals surface area contributed by atoms with E-state index >= 15 is 0 Å². The molecule has 6 heteroatoms. The number of hydrogen-bond acceptors (Lipinski definition) is 3. The van der Waals surface area contributed by atoms with Crippen LogP contribution in [0.4, 0.5) is 5.69 Å². The molecule has 1 heterocycles. The van der Waals surface area contributed by atoms with E-state index in [0.29, 0.717) is 16.8 Å². The molecule has 1 aromatic heterocycles. The highest BCUT2D eigenvalue weighted by Gasteiger charge is 2.12. The van der Waals surface area contributed by atoms with E-state index in [-0.39, 0.29) is 5.91 Å². The first-order valence-corrected chi connectivity index (χ1v) is 5.72. The van der Waals surface area contributed by atoms with Crippen LogP contribution in [0.3, 0.4) is 0 Å². The molecule has 2 aromatic rings. The lowest BCUT2D eigenvalue weighted by molar-refractivity contribution is 0.0995. The molecule has 0 aliphatic carbocycles. The summed E-state index contributed by atoms with van der Waals surface area (Å²) in [7, 11) is 0. The molecule has 0 aliphatic heterocycles. The minimum atomic E-state index is -0.520. The van der Waals surface area contributed by atoms with Gasteiger partial charge in [-0.3, -0.25) is 14.7 Å². The van der Waals surface area contributed by atoms with Crippen molar-refractivity contribution >= 4 is 17.5 Å². The number of aromatic nitrogens is 2. The van der Waals surface area contributed by atoms with Crippen LogP contribution in [-0.4, -0.2) is 22.0 Å². The number of carbonyl (C=O) groups excluding carboxylic acids is 2. The van der Waals surface area contributed by atoms with Crippen molar-refractivity contribution in [3.63, 3.8) is 0 Å². The first kappa shape index (κ1) is 12.8. The van der Waals surface area contributed by atoms with E-state index in [4.69, 9.17) is 5.73 Å². The average molecular weight is 258 g/mol. The van der Waals surface area contributed by atoms with Crippen LogP contribution in [0.15, 0.2) is 24.3 Å². The Kier molecular flexibility index (Phi) is 3.33. The summed E-state index contributed by atoms with van der Waals surface area (Å²) in [6, 6.07) is 6.15. The summed E-state index contributed by atoms with van der Waals surface area (Å²) in [4.78, 5) is 23.0. The molecule has 2 amide bonds. The molecular formula is C13H14N4O2. The SMILES string of the molecule is Cc1n[nH]c(C)c1NC(=O)c1ccc(C(N)=O)cc1. The van der Waals surface area contributed by atoms with E-state index in [2.05, 4.69) is 15.5 Å². The van der Waals surface area contributed by atoms with E-state index in [1.54, 1.807) is 19.1 Å². The first-order valence-electron chi connectivity index (χ1n) is 5.72. The minimum absolute atomic E-state index is 0.261. The minimum Gasteiger partial charge on any atom is -0.366 e. The molecule has 0 aliphatic rings. The fourth-order valence-corrected chi connectivity index (χ4v) is 1.71. The van der Waals surface area contributed by atoms with Gasteiger partial charge in [-0.25, -0.2) is 0 Å². The van der Waals surface area contributed by atoms with Gasteiger partial charge in [-0.2, -0.15) is 5.10 Å². The van der Waals surface area contributed by atoms with Gasteiger partial charge in [0, 0.05) is 11.1 Å². The zero-order valence-electron chi connectivity index (χ0n) is 10.7. The van der Waals surface area contributed by atoms with E-state index in [1.165, 1.54) is 12.1 Å². The number of hydrogen-bond donors (Lipinski definition) is 3. The van der Waals surface area contributed by atoms with Crippen molar-refractivity contribution < 1.29 is 9.59 Å². The smallest absolute Gasteiger partial charge is 0.255 e. The number of nitrogens with two attached hydrogens (primary N) is 1. The average Bonchev–Trinajstić information content (AvgIpc) is 2.70. The lowest BCUT2D eigenvalue weighted by Gasteiger charge is -2.05. The molecule has 0 atom stereocenters. The van der Waals surface area contributed by atoms with Gasteiger partial charge in [0.15, 0.2) is 0 Å². The molecule has 0 saturated carbocycles. The number of rotatable bonds is 3. The first-order chi connectivity index (χ1) is 8.99. The van der Waals surface area contributed by atoms with Crippen molar-refractivity contribution in [2.75, 3.05) is 5.32 Å². The van der Waals surface area contributed by atoms with Gasteiger partial charge >= 0.3 is 0 Å². The summed E-state index contributed by atoms with van der Waals surface area (Å²) < 4.78 is 0.